The summed E-state index contributed by atoms with van der Waals surface area (Å²) in [6.45, 7) is -0.386. The van der Waals surface area contributed by atoms with E-state index in [9.17, 15) is 17.6 Å². The number of aromatic amines is 1. The van der Waals surface area contributed by atoms with Crippen LogP contribution in [0.3, 0.4) is 0 Å². The first-order valence-corrected chi connectivity index (χ1v) is 10.3. The van der Waals surface area contributed by atoms with Gasteiger partial charge in [0.25, 0.3) is 5.92 Å². The number of nitrogens with one attached hydrogen (secondary N) is 1. The summed E-state index contributed by atoms with van der Waals surface area (Å²) in [5, 5.41) is 10.0. The van der Waals surface area contributed by atoms with Gasteiger partial charge >= 0.3 is 0 Å². The van der Waals surface area contributed by atoms with Crippen LogP contribution in [0.4, 0.5) is 17.6 Å². The summed E-state index contributed by atoms with van der Waals surface area (Å²) in [6.07, 6.45) is 0.449. The third kappa shape index (κ3) is 3.66. The van der Waals surface area contributed by atoms with Crippen LogP contribution in [0.2, 0.25) is 0 Å². The van der Waals surface area contributed by atoms with Crippen LogP contribution in [-0.2, 0) is 6.42 Å². The maximum Gasteiger partial charge on any atom is 0.283 e. The molecule has 0 saturated carbocycles. The molecule has 0 spiro atoms. The first-order chi connectivity index (χ1) is 13.7. The van der Waals surface area contributed by atoms with Crippen LogP contribution < -0.4 is 0 Å². The van der Waals surface area contributed by atoms with Gasteiger partial charge in [-0.3, -0.25) is 4.90 Å². The van der Waals surface area contributed by atoms with Gasteiger partial charge < -0.3 is 10.1 Å². The summed E-state index contributed by atoms with van der Waals surface area (Å²) < 4.78 is 58.6. The van der Waals surface area contributed by atoms with Crippen molar-refractivity contribution in [3.05, 3.63) is 68.4 Å². The molecule has 154 valence electrons. The molecule has 0 fully saturated rings. The summed E-state index contributed by atoms with van der Waals surface area (Å²) in [5.74, 6) is -4.96. The van der Waals surface area contributed by atoms with Crippen molar-refractivity contribution in [1.29, 1.82) is 0 Å². The van der Waals surface area contributed by atoms with Gasteiger partial charge in [0.15, 0.2) is 0 Å². The average molecular weight is 518 g/mol. The zero-order chi connectivity index (χ0) is 20.9. The van der Waals surface area contributed by atoms with E-state index in [-0.39, 0.29) is 5.56 Å². The highest BCUT2D eigenvalue weighted by Crippen LogP contribution is 2.43. The van der Waals surface area contributed by atoms with Crippen molar-refractivity contribution < 1.29 is 22.7 Å². The molecule has 2 aromatic carbocycles. The molecule has 0 saturated heterocycles. The van der Waals surface area contributed by atoms with Gasteiger partial charge in [-0.2, -0.15) is 0 Å². The van der Waals surface area contributed by atoms with E-state index in [0.717, 1.165) is 16.5 Å². The monoisotopic (exact) mass is 518 g/mol. The Morgan fingerprint density at radius 2 is 1.86 bits per heavy atom. The second-order valence-electron chi connectivity index (χ2n) is 7.49. The normalized spacial score (nSPS) is 20.2. The van der Waals surface area contributed by atoms with Crippen molar-refractivity contribution in [3.8, 4) is 0 Å². The zero-order valence-corrected chi connectivity index (χ0v) is 17.7. The molecule has 4 rings (SSSR count). The van der Waals surface area contributed by atoms with Gasteiger partial charge in [0.2, 0.25) is 0 Å². The molecule has 2 N–H and O–H groups in total. The van der Waals surface area contributed by atoms with Crippen LogP contribution in [0.1, 0.15) is 29.8 Å². The molecule has 0 aliphatic carbocycles. The summed E-state index contributed by atoms with van der Waals surface area (Å²) in [6, 6.07) is 8.39. The smallest absolute Gasteiger partial charge is 0.283 e. The van der Waals surface area contributed by atoms with E-state index >= 15 is 0 Å². The van der Waals surface area contributed by atoms with Crippen molar-refractivity contribution in [3.63, 3.8) is 0 Å². The molecule has 0 unspecified atom stereocenters. The highest BCUT2D eigenvalue weighted by Gasteiger charge is 2.43. The van der Waals surface area contributed by atoms with Gasteiger partial charge in [0.1, 0.15) is 18.2 Å². The summed E-state index contributed by atoms with van der Waals surface area (Å²) in [5.41, 5.74) is 1.91. The number of alkyl halides is 2. The molecule has 1 aliphatic heterocycles. The first kappa shape index (κ1) is 20.6. The van der Waals surface area contributed by atoms with Crippen LogP contribution in [0.5, 0.6) is 0 Å². The highest BCUT2D eigenvalue weighted by atomic mass is 127. The molecule has 0 amide bonds. The lowest BCUT2D eigenvalue weighted by Gasteiger charge is -2.42. The Labute approximate surface area is 178 Å². The van der Waals surface area contributed by atoms with Crippen LogP contribution in [0, 0.1) is 15.2 Å². The third-order valence-corrected chi connectivity index (χ3v) is 6.10. The van der Waals surface area contributed by atoms with Gasteiger partial charge in [-0.1, -0.05) is 18.2 Å². The highest BCUT2D eigenvalue weighted by molar-refractivity contribution is 14.1. The number of hydrogen-bond acceptors (Lipinski definition) is 2. The number of rotatable bonds is 4. The largest absolute Gasteiger partial charge is 0.390 e. The average Bonchev–Trinajstić information content (AvgIpc) is 3.01. The number of aliphatic hydroxyl groups excluding tert-OH is 1. The van der Waals surface area contributed by atoms with E-state index in [2.05, 4.69) is 4.98 Å². The molecule has 1 aliphatic rings. The molecule has 29 heavy (non-hydrogen) atoms. The van der Waals surface area contributed by atoms with E-state index in [0.29, 0.717) is 15.7 Å². The molecule has 0 bridgehead atoms. The standard InChI is InChI=1S/C21H19F4IN2O/c1-11-6-14-13-4-2-3-5-17(13)27-19(14)20(28(11)9-21(24,25)10-29)18-15(22)7-12(26)8-16(18)23/h2-5,7-8,11,20,27,29H,6,9-10H2,1H3/t11-,20-/m1/s1. The maximum atomic E-state index is 14.9. The Morgan fingerprint density at radius 1 is 1.21 bits per heavy atom. The lowest BCUT2D eigenvalue weighted by atomic mass is 9.88. The predicted molar refractivity (Wildman–Crippen MR) is 111 cm³/mol. The second kappa shape index (κ2) is 7.55. The second-order valence-corrected chi connectivity index (χ2v) is 8.73. The topological polar surface area (TPSA) is 39.3 Å². The minimum absolute atomic E-state index is 0.265. The number of hydrogen-bond donors (Lipinski definition) is 2. The van der Waals surface area contributed by atoms with E-state index in [1.807, 2.05) is 46.9 Å². The van der Waals surface area contributed by atoms with Gasteiger partial charge in [0, 0.05) is 31.8 Å². The lowest BCUT2D eigenvalue weighted by molar-refractivity contribution is -0.0869. The summed E-state index contributed by atoms with van der Waals surface area (Å²) in [7, 11) is 0. The number of aromatic nitrogens is 1. The van der Waals surface area contributed by atoms with E-state index in [1.165, 1.54) is 17.0 Å². The molecule has 3 nitrogen and oxygen atoms in total. The Balaban J connectivity index is 1.96. The third-order valence-electron chi connectivity index (χ3n) is 5.48. The summed E-state index contributed by atoms with van der Waals surface area (Å²) in [4.78, 5) is 4.58. The number of halogens is 5. The molecular formula is C21H19F4IN2O. The van der Waals surface area contributed by atoms with E-state index in [4.69, 9.17) is 5.11 Å². The van der Waals surface area contributed by atoms with Gasteiger partial charge in [0.05, 0.1) is 12.6 Å². The Morgan fingerprint density at radius 3 is 2.52 bits per heavy atom. The maximum absolute atomic E-state index is 14.9. The fraction of sp³-hybridized carbons (Fsp3) is 0.333. The molecule has 1 aromatic heterocycles. The number of nitrogens with zero attached hydrogens (tertiary/aromatic N) is 1. The Hall–Kier alpha value is -1.65. The van der Waals surface area contributed by atoms with Crippen LogP contribution >= 0.6 is 22.6 Å². The summed E-state index contributed by atoms with van der Waals surface area (Å²) >= 11 is 1.81. The molecular weight excluding hydrogens is 499 g/mol. The van der Waals surface area contributed by atoms with Crippen molar-refractivity contribution in [2.75, 3.05) is 13.2 Å². The van der Waals surface area contributed by atoms with Crippen LogP contribution in [-0.4, -0.2) is 40.1 Å². The predicted octanol–water partition coefficient (Wildman–Crippen LogP) is 5.01. The molecule has 2 atom stereocenters. The fourth-order valence-electron chi connectivity index (χ4n) is 4.20. The Kier molecular flexibility index (Phi) is 5.37. The van der Waals surface area contributed by atoms with Crippen LogP contribution in [0.25, 0.3) is 10.9 Å². The quantitative estimate of drug-likeness (QED) is 0.377. The molecule has 0 radical (unpaired) electrons. The van der Waals surface area contributed by atoms with Crippen molar-refractivity contribution in [2.24, 2.45) is 0 Å². The molecule has 8 heteroatoms. The number of fused-ring (bicyclic) bond motifs is 3. The van der Waals surface area contributed by atoms with E-state index in [1.54, 1.807) is 6.92 Å². The first-order valence-electron chi connectivity index (χ1n) is 9.20. The SMILES string of the molecule is C[C@@H]1Cc2c([nH]c3ccccc23)[C@@H](c2c(F)cc(I)cc2F)N1CC(F)(F)CO. The lowest BCUT2D eigenvalue weighted by Crippen LogP contribution is -2.49. The van der Waals surface area contributed by atoms with E-state index < -0.39 is 42.8 Å². The number of para-hydroxylation sites is 1. The Bertz CT molecular complexity index is 1050. The minimum Gasteiger partial charge on any atom is -0.390 e. The molecule has 3 aromatic rings. The van der Waals surface area contributed by atoms with Crippen LogP contribution in [0.15, 0.2) is 36.4 Å². The zero-order valence-electron chi connectivity index (χ0n) is 15.5. The molecule has 2 heterocycles. The number of H-pyrrole nitrogens is 1. The van der Waals surface area contributed by atoms with Gasteiger partial charge in [-0.15, -0.1) is 0 Å². The van der Waals surface area contributed by atoms with Gasteiger partial charge in [-0.25, -0.2) is 17.6 Å². The van der Waals surface area contributed by atoms with Crippen molar-refractivity contribution >= 4 is 33.5 Å². The van der Waals surface area contributed by atoms with Crippen molar-refractivity contribution in [2.45, 2.75) is 31.4 Å². The van der Waals surface area contributed by atoms with Crippen molar-refractivity contribution in [1.82, 2.24) is 9.88 Å². The van der Waals surface area contributed by atoms with Gasteiger partial charge in [-0.05, 0) is 59.7 Å². The fourth-order valence-corrected chi connectivity index (χ4v) is 4.74. The number of benzene rings is 2. The number of aliphatic hydroxyl groups is 1. The minimum atomic E-state index is -3.40.